The summed E-state index contributed by atoms with van der Waals surface area (Å²) in [5.74, 6) is -1.26. The van der Waals surface area contributed by atoms with E-state index in [4.69, 9.17) is 21.4 Å². The van der Waals surface area contributed by atoms with E-state index in [2.05, 4.69) is 0 Å². The minimum atomic E-state index is -3.94. The second kappa shape index (κ2) is 6.33. The summed E-state index contributed by atoms with van der Waals surface area (Å²) in [4.78, 5) is 10.6. The van der Waals surface area contributed by atoms with E-state index in [1.807, 2.05) is 4.72 Å². The van der Waals surface area contributed by atoms with Gasteiger partial charge in [-0.05, 0) is 30.7 Å². The Bertz CT molecular complexity index is 572. The van der Waals surface area contributed by atoms with E-state index in [-0.39, 0.29) is 16.5 Å². The highest BCUT2D eigenvalue weighted by Crippen LogP contribution is 2.19. The van der Waals surface area contributed by atoms with Gasteiger partial charge in [-0.15, -0.1) is 0 Å². The lowest BCUT2D eigenvalue weighted by Gasteiger charge is -2.11. The van der Waals surface area contributed by atoms with Gasteiger partial charge in [-0.1, -0.05) is 11.6 Å². The van der Waals surface area contributed by atoms with Crippen LogP contribution in [-0.4, -0.2) is 32.6 Å². The maximum Gasteiger partial charge on any atom is 0.321 e. The third-order valence-corrected chi connectivity index (χ3v) is 3.99. The first-order chi connectivity index (χ1) is 8.76. The number of hydrogen-bond acceptors (Lipinski definition) is 4. The molecule has 1 aromatic rings. The van der Waals surface area contributed by atoms with Crippen LogP contribution in [0.5, 0.6) is 0 Å². The van der Waals surface area contributed by atoms with Crippen LogP contribution in [0.4, 0.5) is 0 Å². The van der Waals surface area contributed by atoms with Gasteiger partial charge in [0.25, 0.3) is 0 Å². The van der Waals surface area contributed by atoms with E-state index >= 15 is 0 Å². The van der Waals surface area contributed by atoms with Crippen LogP contribution in [0.15, 0.2) is 23.1 Å². The molecule has 0 bridgehead atoms. The average Bonchev–Trinajstić information content (AvgIpc) is 2.27. The van der Waals surface area contributed by atoms with E-state index < -0.39 is 22.0 Å². The molecule has 0 unspecified atom stereocenters. The number of carboxylic acid groups (broad SMARTS) is 1. The minimum absolute atomic E-state index is 0.0971. The number of carboxylic acids is 1. The maximum atomic E-state index is 12.0. The van der Waals surface area contributed by atoms with Gasteiger partial charge in [-0.3, -0.25) is 4.79 Å². The quantitative estimate of drug-likeness (QED) is 0.825. The predicted molar refractivity (Wildman–Crippen MR) is 69.6 cm³/mol. The molecule has 0 amide bonds. The Kier molecular flexibility index (Phi) is 5.30. The van der Waals surface area contributed by atoms with E-state index in [0.717, 1.165) is 0 Å². The summed E-state index contributed by atoms with van der Waals surface area (Å²) in [6.07, 6.45) is 0. The predicted octanol–water partition coefficient (Wildman–Crippen LogP) is 1.24. The number of carbonyl (C=O) groups is 1. The fourth-order valence-electron chi connectivity index (χ4n) is 1.38. The van der Waals surface area contributed by atoms with Gasteiger partial charge in [0.15, 0.2) is 0 Å². The first-order valence-electron chi connectivity index (χ1n) is 5.30. The van der Waals surface area contributed by atoms with Gasteiger partial charge in [0.2, 0.25) is 10.0 Å². The number of methoxy groups -OCH3 is 1. The second-order valence-electron chi connectivity index (χ2n) is 3.91. The molecule has 8 heteroatoms. The molecule has 106 valence electrons. The Balaban J connectivity index is 3.10. The van der Waals surface area contributed by atoms with Crippen molar-refractivity contribution in [3.63, 3.8) is 0 Å². The summed E-state index contributed by atoms with van der Waals surface area (Å²) in [7, 11) is -2.47. The number of benzene rings is 1. The van der Waals surface area contributed by atoms with E-state index in [1.165, 1.54) is 26.2 Å². The molecule has 1 aromatic carbocycles. The first-order valence-corrected chi connectivity index (χ1v) is 7.16. The summed E-state index contributed by atoms with van der Waals surface area (Å²) < 4.78 is 30.9. The van der Waals surface area contributed by atoms with Crippen molar-refractivity contribution in [3.8, 4) is 0 Å². The number of sulfonamides is 1. The molecular formula is C11H14ClNO5S. The molecule has 1 rings (SSSR count). The van der Waals surface area contributed by atoms with E-state index in [9.17, 15) is 13.2 Å². The highest BCUT2D eigenvalue weighted by atomic mass is 35.5. The van der Waals surface area contributed by atoms with Gasteiger partial charge in [0.1, 0.15) is 6.04 Å². The number of rotatable bonds is 6. The van der Waals surface area contributed by atoms with Crippen LogP contribution in [0.1, 0.15) is 12.5 Å². The molecule has 0 aliphatic rings. The van der Waals surface area contributed by atoms with Crippen molar-refractivity contribution in [2.24, 2.45) is 0 Å². The Labute approximate surface area is 116 Å². The van der Waals surface area contributed by atoms with Crippen molar-refractivity contribution in [3.05, 3.63) is 28.8 Å². The molecule has 0 radical (unpaired) electrons. The standard InChI is InChI=1S/C11H14ClNO5S/c1-7(11(14)15)13-19(16,17)10-4-8(6-18-2)3-9(12)5-10/h3-5,7,13H,6H2,1-2H3,(H,14,15)/t7-/m0/s1. The molecule has 0 aromatic heterocycles. The summed E-state index contributed by atoms with van der Waals surface area (Å²) in [5, 5.41) is 8.95. The molecule has 0 aliphatic carbocycles. The zero-order chi connectivity index (χ0) is 14.6. The lowest BCUT2D eigenvalue weighted by atomic mass is 10.2. The number of nitrogens with one attached hydrogen (secondary N) is 1. The second-order valence-corrected chi connectivity index (χ2v) is 6.06. The molecule has 0 aliphatic heterocycles. The van der Waals surface area contributed by atoms with Crippen molar-refractivity contribution < 1.29 is 23.1 Å². The molecule has 2 N–H and O–H groups in total. The normalized spacial score (nSPS) is 13.2. The van der Waals surface area contributed by atoms with E-state index in [1.54, 1.807) is 6.07 Å². The van der Waals surface area contributed by atoms with Gasteiger partial charge in [0.05, 0.1) is 11.5 Å². The first kappa shape index (κ1) is 15.9. The number of halogens is 1. The maximum absolute atomic E-state index is 12.0. The van der Waals surface area contributed by atoms with Crippen LogP contribution in [0, 0.1) is 0 Å². The summed E-state index contributed by atoms with van der Waals surface area (Å²) in [6.45, 7) is 1.44. The number of hydrogen-bond donors (Lipinski definition) is 2. The number of ether oxygens (including phenoxy) is 1. The smallest absolute Gasteiger partial charge is 0.321 e. The zero-order valence-corrected chi connectivity index (χ0v) is 12.0. The molecule has 0 saturated heterocycles. The SMILES string of the molecule is COCc1cc(Cl)cc(S(=O)(=O)N[C@@H](C)C(=O)O)c1. The highest BCUT2D eigenvalue weighted by Gasteiger charge is 2.22. The Morgan fingerprint density at radius 1 is 1.47 bits per heavy atom. The molecule has 0 saturated carbocycles. The molecule has 6 nitrogen and oxygen atoms in total. The van der Waals surface area contributed by atoms with Gasteiger partial charge < -0.3 is 9.84 Å². The fraction of sp³-hybridized carbons (Fsp3) is 0.364. The lowest BCUT2D eigenvalue weighted by Crippen LogP contribution is -2.38. The molecule has 19 heavy (non-hydrogen) atoms. The Morgan fingerprint density at radius 2 is 2.11 bits per heavy atom. The van der Waals surface area contributed by atoms with Crippen molar-refractivity contribution in [1.82, 2.24) is 4.72 Å². The molecule has 0 spiro atoms. The third-order valence-electron chi connectivity index (χ3n) is 2.25. The molecule has 1 atom stereocenters. The van der Waals surface area contributed by atoms with Gasteiger partial charge in [-0.2, -0.15) is 4.72 Å². The van der Waals surface area contributed by atoms with Crippen LogP contribution in [0.3, 0.4) is 0 Å². The third kappa shape index (κ3) is 4.46. The van der Waals surface area contributed by atoms with Crippen LogP contribution in [0.2, 0.25) is 5.02 Å². The van der Waals surface area contributed by atoms with Gasteiger partial charge >= 0.3 is 5.97 Å². The lowest BCUT2D eigenvalue weighted by molar-refractivity contribution is -0.138. The summed E-state index contributed by atoms with van der Waals surface area (Å²) in [6, 6.07) is 2.98. The van der Waals surface area contributed by atoms with Crippen LogP contribution in [0.25, 0.3) is 0 Å². The minimum Gasteiger partial charge on any atom is -0.480 e. The van der Waals surface area contributed by atoms with Gasteiger partial charge in [-0.25, -0.2) is 8.42 Å². The summed E-state index contributed by atoms with van der Waals surface area (Å²) in [5.41, 5.74) is 0.582. The van der Waals surface area contributed by atoms with Crippen molar-refractivity contribution in [2.75, 3.05) is 7.11 Å². The average molecular weight is 308 g/mol. The van der Waals surface area contributed by atoms with Crippen LogP contribution in [-0.2, 0) is 26.2 Å². The zero-order valence-electron chi connectivity index (χ0n) is 10.4. The monoisotopic (exact) mass is 307 g/mol. The highest BCUT2D eigenvalue weighted by molar-refractivity contribution is 7.89. The molecular weight excluding hydrogens is 294 g/mol. The van der Waals surface area contributed by atoms with Crippen LogP contribution < -0.4 is 4.72 Å². The van der Waals surface area contributed by atoms with Gasteiger partial charge in [0, 0.05) is 12.1 Å². The van der Waals surface area contributed by atoms with Crippen molar-refractivity contribution >= 4 is 27.6 Å². The molecule has 0 fully saturated rings. The largest absolute Gasteiger partial charge is 0.480 e. The Hall–Kier alpha value is -1.15. The van der Waals surface area contributed by atoms with Crippen molar-refractivity contribution in [1.29, 1.82) is 0 Å². The fourth-order valence-corrected chi connectivity index (χ4v) is 2.99. The topological polar surface area (TPSA) is 92.7 Å². The van der Waals surface area contributed by atoms with E-state index in [0.29, 0.717) is 5.56 Å². The molecule has 0 heterocycles. The van der Waals surface area contributed by atoms with Crippen molar-refractivity contribution in [2.45, 2.75) is 24.5 Å². The summed E-state index contributed by atoms with van der Waals surface area (Å²) >= 11 is 5.83. The number of aliphatic carboxylic acids is 1. The van der Waals surface area contributed by atoms with Crippen LogP contribution >= 0.6 is 11.6 Å². The Morgan fingerprint density at radius 3 is 2.63 bits per heavy atom.